The maximum absolute atomic E-state index is 11.6. The van der Waals surface area contributed by atoms with E-state index in [2.05, 4.69) is 13.8 Å². The quantitative estimate of drug-likeness (QED) is 0.384. The summed E-state index contributed by atoms with van der Waals surface area (Å²) in [6.45, 7) is 4.75. The minimum atomic E-state index is -0.287. The molecular formula is C18H26O3. The number of carbonyl (C=O) groups excluding carboxylic acids is 1. The minimum Gasteiger partial charge on any atom is -0.496 e. The molecular weight excluding hydrogens is 264 g/mol. The molecule has 1 aromatic rings. The van der Waals surface area contributed by atoms with E-state index in [1.165, 1.54) is 18.9 Å². The van der Waals surface area contributed by atoms with Gasteiger partial charge in [0.1, 0.15) is 5.75 Å². The van der Waals surface area contributed by atoms with Gasteiger partial charge in [-0.1, -0.05) is 45.2 Å². The summed E-state index contributed by atoms with van der Waals surface area (Å²) in [4.78, 5) is 11.6. The fourth-order valence-corrected chi connectivity index (χ4v) is 2.07. The first-order valence-electron chi connectivity index (χ1n) is 7.73. The van der Waals surface area contributed by atoms with Crippen LogP contribution in [0, 0.1) is 0 Å². The van der Waals surface area contributed by atoms with Crippen molar-refractivity contribution >= 4 is 12.0 Å². The summed E-state index contributed by atoms with van der Waals surface area (Å²) in [5.74, 6) is 0.567. The van der Waals surface area contributed by atoms with Gasteiger partial charge in [0.15, 0.2) is 0 Å². The number of aryl methyl sites for hydroxylation is 1. The number of esters is 1. The molecule has 0 atom stereocenters. The van der Waals surface area contributed by atoms with Crippen molar-refractivity contribution in [3.63, 3.8) is 0 Å². The molecule has 0 N–H and O–H groups in total. The monoisotopic (exact) mass is 290 g/mol. The zero-order valence-electron chi connectivity index (χ0n) is 13.4. The van der Waals surface area contributed by atoms with Gasteiger partial charge in [0.25, 0.3) is 0 Å². The molecule has 0 saturated heterocycles. The van der Waals surface area contributed by atoms with Gasteiger partial charge in [-0.15, -0.1) is 0 Å². The predicted molar refractivity (Wildman–Crippen MR) is 86.5 cm³/mol. The summed E-state index contributed by atoms with van der Waals surface area (Å²) >= 11 is 0. The van der Waals surface area contributed by atoms with Crippen LogP contribution in [0.4, 0.5) is 0 Å². The Hall–Kier alpha value is -1.77. The Morgan fingerprint density at radius 1 is 1.19 bits per heavy atom. The van der Waals surface area contributed by atoms with Crippen molar-refractivity contribution in [3.8, 4) is 5.75 Å². The number of carbonyl (C=O) groups is 1. The van der Waals surface area contributed by atoms with Crippen LogP contribution >= 0.6 is 0 Å². The second-order valence-electron chi connectivity index (χ2n) is 4.99. The zero-order valence-corrected chi connectivity index (χ0v) is 13.4. The molecule has 0 aliphatic heterocycles. The maximum atomic E-state index is 11.6. The first-order valence-corrected chi connectivity index (χ1v) is 7.73. The van der Waals surface area contributed by atoms with E-state index in [-0.39, 0.29) is 5.97 Å². The summed E-state index contributed by atoms with van der Waals surface area (Å²) in [5.41, 5.74) is 2.10. The first kappa shape index (κ1) is 17.3. The highest BCUT2D eigenvalue weighted by molar-refractivity contribution is 5.87. The summed E-state index contributed by atoms with van der Waals surface area (Å²) in [5, 5.41) is 0. The van der Waals surface area contributed by atoms with Crippen LogP contribution in [0.2, 0.25) is 0 Å². The second kappa shape index (κ2) is 10.0. The van der Waals surface area contributed by atoms with Crippen LogP contribution in [0.25, 0.3) is 6.08 Å². The summed E-state index contributed by atoms with van der Waals surface area (Å²) in [7, 11) is 1.66. The Bertz CT molecular complexity index is 464. The number of methoxy groups -OCH3 is 1. The van der Waals surface area contributed by atoms with E-state index in [0.29, 0.717) is 6.61 Å². The van der Waals surface area contributed by atoms with Crippen molar-refractivity contribution < 1.29 is 14.3 Å². The van der Waals surface area contributed by atoms with E-state index in [0.717, 1.165) is 36.1 Å². The van der Waals surface area contributed by atoms with Crippen LogP contribution < -0.4 is 4.74 Å². The van der Waals surface area contributed by atoms with Crippen molar-refractivity contribution in [2.75, 3.05) is 13.7 Å². The van der Waals surface area contributed by atoms with Crippen molar-refractivity contribution in [3.05, 3.63) is 35.4 Å². The highest BCUT2D eigenvalue weighted by Crippen LogP contribution is 2.21. The summed E-state index contributed by atoms with van der Waals surface area (Å²) in [6, 6.07) is 5.94. The van der Waals surface area contributed by atoms with E-state index in [1.54, 1.807) is 13.2 Å². The van der Waals surface area contributed by atoms with Gasteiger partial charge >= 0.3 is 5.97 Å². The van der Waals surface area contributed by atoms with Gasteiger partial charge in [0.2, 0.25) is 0 Å². The van der Waals surface area contributed by atoms with E-state index >= 15 is 0 Å². The van der Waals surface area contributed by atoms with Crippen molar-refractivity contribution in [2.45, 2.75) is 46.0 Å². The molecule has 0 fully saturated rings. The van der Waals surface area contributed by atoms with Crippen LogP contribution in [0.5, 0.6) is 5.75 Å². The molecule has 0 unspecified atom stereocenters. The molecule has 0 amide bonds. The van der Waals surface area contributed by atoms with Crippen molar-refractivity contribution in [1.29, 1.82) is 0 Å². The van der Waals surface area contributed by atoms with Crippen LogP contribution in [0.15, 0.2) is 24.3 Å². The standard InChI is InChI=1S/C18H26O3/c1-4-6-7-8-13-21-18(19)12-10-15-9-11-16(5-2)17(14-15)20-3/h9-12,14H,4-8,13H2,1-3H3. The molecule has 0 aliphatic rings. The largest absolute Gasteiger partial charge is 0.496 e. The fraction of sp³-hybridized carbons (Fsp3) is 0.500. The third kappa shape index (κ3) is 6.48. The van der Waals surface area contributed by atoms with Gasteiger partial charge in [-0.3, -0.25) is 0 Å². The molecule has 116 valence electrons. The third-order valence-electron chi connectivity index (χ3n) is 3.35. The Morgan fingerprint density at radius 3 is 2.67 bits per heavy atom. The van der Waals surface area contributed by atoms with Gasteiger partial charge in [-0.2, -0.15) is 0 Å². The lowest BCUT2D eigenvalue weighted by molar-refractivity contribution is -0.137. The Morgan fingerprint density at radius 2 is 2.00 bits per heavy atom. The Balaban J connectivity index is 2.46. The van der Waals surface area contributed by atoms with Gasteiger partial charge in [-0.25, -0.2) is 4.79 Å². The number of ether oxygens (including phenoxy) is 2. The van der Waals surface area contributed by atoms with Crippen LogP contribution in [0.1, 0.15) is 50.7 Å². The molecule has 0 bridgehead atoms. The lowest BCUT2D eigenvalue weighted by atomic mass is 10.1. The normalized spacial score (nSPS) is 10.8. The van der Waals surface area contributed by atoms with E-state index in [9.17, 15) is 4.79 Å². The number of hydrogen-bond acceptors (Lipinski definition) is 3. The number of benzene rings is 1. The second-order valence-corrected chi connectivity index (χ2v) is 4.99. The molecule has 0 aromatic heterocycles. The highest BCUT2D eigenvalue weighted by atomic mass is 16.5. The highest BCUT2D eigenvalue weighted by Gasteiger charge is 2.02. The van der Waals surface area contributed by atoms with E-state index in [1.807, 2.05) is 18.2 Å². The minimum absolute atomic E-state index is 0.287. The molecule has 0 aliphatic carbocycles. The lowest BCUT2D eigenvalue weighted by Gasteiger charge is -2.07. The maximum Gasteiger partial charge on any atom is 0.330 e. The first-order chi connectivity index (χ1) is 10.2. The summed E-state index contributed by atoms with van der Waals surface area (Å²) < 4.78 is 10.5. The number of rotatable bonds is 9. The van der Waals surface area contributed by atoms with Crippen LogP contribution in [-0.4, -0.2) is 19.7 Å². The molecule has 3 nitrogen and oxygen atoms in total. The SMILES string of the molecule is CCCCCCOC(=O)C=Cc1ccc(CC)c(OC)c1. The fourth-order valence-electron chi connectivity index (χ4n) is 2.07. The van der Waals surface area contributed by atoms with E-state index < -0.39 is 0 Å². The smallest absolute Gasteiger partial charge is 0.330 e. The number of hydrogen-bond donors (Lipinski definition) is 0. The molecule has 21 heavy (non-hydrogen) atoms. The van der Waals surface area contributed by atoms with Gasteiger partial charge in [-0.05, 0) is 36.1 Å². The molecule has 1 aromatic carbocycles. The molecule has 0 heterocycles. The lowest BCUT2D eigenvalue weighted by Crippen LogP contribution is -2.02. The average molecular weight is 290 g/mol. The summed E-state index contributed by atoms with van der Waals surface area (Å²) in [6.07, 6.45) is 8.58. The Labute approximate surface area is 128 Å². The molecule has 0 saturated carbocycles. The molecule has 0 radical (unpaired) electrons. The van der Waals surface area contributed by atoms with Crippen molar-refractivity contribution in [2.24, 2.45) is 0 Å². The number of unbranched alkanes of at least 4 members (excludes halogenated alkanes) is 3. The van der Waals surface area contributed by atoms with Gasteiger partial charge in [0.05, 0.1) is 13.7 Å². The van der Waals surface area contributed by atoms with E-state index in [4.69, 9.17) is 9.47 Å². The topological polar surface area (TPSA) is 35.5 Å². The van der Waals surface area contributed by atoms with Gasteiger partial charge in [0, 0.05) is 6.08 Å². The van der Waals surface area contributed by atoms with Crippen LogP contribution in [0.3, 0.4) is 0 Å². The Kier molecular flexibility index (Phi) is 8.25. The van der Waals surface area contributed by atoms with Gasteiger partial charge < -0.3 is 9.47 Å². The van der Waals surface area contributed by atoms with Crippen LogP contribution in [-0.2, 0) is 16.0 Å². The molecule has 0 spiro atoms. The van der Waals surface area contributed by atoms with Crippen molar-refractivity contribution in [1.82, 2.24) is 0 Å². The average Bonchev–Trinajstić information content (AvgIpc) is 2.52. The third-order valence-corrected chi connectivity index (χ3v) is 3.35. The molecule has 1 rings (SSSR count). The predicted octanol–water partition coefficient (Wildman–Crippen LogP) is 4.39. The zero-order chi connectivity index (χ0) is 15.5. The molecule has 3 heteroatoms.